The van der Waals surface area contributed by atoms with E-state index in [-0.39, 0.29) is 12.5 Å². The summed E-state index contributed by atoms with van der Waals surface area (Å²) in [5.41, 5.74) is 7.71. The number of carbonyl (C=O) groups is 1. The van der Waals surface area contributed by atoms with Gasteiger partial charge in [0.1, 0.15) is 11.3 Å². The lowest BCUT2D eigenvalue weighted by Crippen LogP contribution is -2.28. The second kappa shape index (κ2) is 9.05. The molecule has 1 N–H and O–H groups in total. The maximum Gasteiger partial charge on any atom is 0.258 e. The Morgan fingerprint density at radius 3 is 2.31 bits per heavy atom. The fraction of sp³-hybridized carbons (Fsp3) is 0.231. The molecule has 0 aliphatic carbocycles. The van der Waals surface area contributed by atoms with Crippen LogP contribution in [0.15, 0.2) is 52.9 Å². The number of aryl methyl sites for hydroxylation is 4. The van der Waals surface area contributed by atoms with Gasteiger partial charge in [0.05, 0.1) is 0 Å². The molecule has 0 bridgehead atoms. The molecular formula is C26H25ClN2O3. The molecule has 0 saturated carbocycles. The lowest BCUT2D eigenvalue weighted by Gasteiger charge is -2.10. The first-order valence-electron chi connectivity index (χ1n) is 10.4. The summed E-state index contributed by atoms with van der Waals surface area (Å²) in [5.74, 6) is 1.03. The van der Waals surface area contributed by atoms with Crippen LogP contribution in [-0.2, 0) is 11.3 Å². The van der Waals surface area contributed by atoms with E-state index in [0.717, 1.165) is 33.4 Å². The Kier molecular flexibility index (Phi) is 6.19. The molecule has 1 aromatic heterocycles. The van der Waals surface area contributed by atoms with Crippen LogP contribution in [0.25, 0.3) is 22.6 Å². The molecule has 0 unspecified atom stereocenters. The van der Waals surface area contributed by atoms with Crippen molar-refractivity contribution in [3.63, 3.8) is 0 Å². The van der Waals surface area contributed by atoms with E-state index in [1.165, 1.54) is 11.1 Å². The molecule has 0 atom stereocenters. The molecule has 0 fully saturated rings. The van der Waals surface area contributed by atoms with Crippen LogP contribution in [0, 0.1) is 27.7 Å². The third kappa shape index (κ3) is 4.78. The van der Waals surface area contributed by atoms with Crippen molar-refractivity contribution in [3.8, 4) is 17.2 Å². The number of carbonyl (C=O) groups excluding carboxylic acids is 1. The number of nitrogens with one attached hydrogen (secondary N) is 1. The normalized spacial score (nSPS) is 11.0. The molecule has 0 spiro atoms. The van der Waals surface area contributed by atoms with Gasteiger partial charge in [0.15, 0.2) is 12.2 Å². The van der Waals surface area contributed by atoms with Gasteiger partial charge < -0.3 is 14.5 Å². The van der Waals surface area contributed by atoms with Crippen molar-refractivity contribution in [1.29, 1.82) is 0 Å². The number of rotatable bonds is 6. The van der Waals surface area contributed by atoms with Gasteiger partial charge in [0.25, 0.3) is 5.91 Å². The lowest BCUT2D eigenvalue weighted by atomic mass is 10.1. The molecule has 5 nitrogen and oxygen atoms in total. The number of ether oxygens (including phenoxy) is 1. The molecule has 6 heteroatoms. The maximum atomic E-state index is 12.2. The van der Waals surface area contributed by atoms with Crippen molar-refractivity contribution in [2.75, 3.05) is 6.61 Å². The van der Waals surface area contributed by atoms with E-state index in [9.17, 15) is 4.79 Å². The third-order valence-electron chi connectivity index (χ3n) is 5.47. The van der Waals surface area contributed by atoms with Gasteiger partial charge in [-0.3, -0.25) is 4.79 Å². The monoisotopic (exact) mass is 448 g/mol. The van der Waals surface area contributed by atoms with E-state index >= 15 is 0 Å². The zero-order valence-corrected chi connectivity index (χ0v) is 19.3. The van der Waals surface area contributed by atoms with Crippen molar-refractivity contribution in [2.24, 2.45) is 0 Å². The van der Waals surface area contributed by atoms with Crippen LogP contribution in [0.3, 0.4) is 0 Å². The minimum Gasteiger partial charge on any atom is -0.484 e. The van der Waals surface area contributed by atoms with E-state index in [1.54, 1.807) is 0 Å². The van der Waals surface area contributed by atoms with Gasteiger partial charge in [-0.05, 0) is 91.9 Å². The summed E-state index contributed by atoms with van der Waals surface area (Å²) >= 11 is 6.17. The molecule has 1 amide bonds. The van der Waals surface area contributed by atoms with Crippen LogP contribution in [0.2, 0.25) is 5.02 Å². The first-order valence-corrected chi connectivity index (χ1v) is 10.8. The van der Waals surface area contributed by atoms with Gasteiger partial charge in [-0.15, -0.1) is 0 Å². The van der Waals surface area contributed by atoms with E-state index in [0.29, 0.717) is 23.2 Å². The number of fused-ring (bicyclic) bond motifs is 1. The average Bonchev–Trinajstić information content (AvgIpc) is 3.17. The second-order valence-electron chi connectivity index (χ2n) is 8.06. The van der Waals surface area contributed by atoms with Gasteiger partial charge in [0, 0.05) is 17.1 Å². The van der Waals surface area contributed by atoms with Gasteiger partial charge >= 0.3 is 0 Å². The minimum absolute atomic E-state index is 0.0552. The van der Waals surface area contributed by atoms with Crippen molar-refractivity contribution >= 4 is 28.6 Å². The van der Waals surface area contributed by atoms with E-state index in [2.05, 4.69) is 24.1 Å². The standard InChI is InChI=1S/C26H25ClN2O3/c1-15-11-22-23(12-16(15)2)32-26(29-22)20-7-5-19(6-8-20)13-28-24(30)14-31-21-9-17(3)25(27)18(4)10-21/h5-12H,13-14H2,1-4H3,(H,28,30). The van der Waals surface area contributed by atoms with Gasteiger partial charge in [-0.1, -0.05) is 23.7 Å². The number of benzene rings is 3. The number of aromatic nitrogens is 1. The molecule has 1 heterocycles. The topological polar surface area (TPSA) is 64.4 Å². The highest BCUT2D eigenvalue weighted by atomic mass is 35.5. The van der Waals surface area contributed by atoms with Crippen LogP contribution in [0.5, 0.6) is 5.75 Å². The third-order valence-corrected chi connectivity index (χ3v) is 6.07. The lowest BCUT2D eigenvalue weighted by molar-refractivity contribution is -0.123. The molecule has 164 valence electrons. The number of hydrogen-bond donors (Lipinski definition) is 1. The molecule has 0 aliphatic heterocycles. The number of nitrogens with zero attached hydrogens (tertiary/aromatic N) is 1. The molecule has 4 aromatic rings. The van der Waals surface area contributed by atoms with Crippen LogP contribution >= 0.6 is 11.6 Å². The van der Waals surface area contributed by atoms with E-state index in [4.69, 9.17) is 20.8 Å². The number of halogens is 1. The fourth-order valence-corrected chi connectivity index (χ4v) is 3.57. The molecule has 3 aromatic carbocycles. The molecule has 0 saturated heterocycles. The van der Waals surface area contributed by atoms with E-state index < -0.39 is 0 Å². The predicted octanol–water partition coefficient (Wildman–Crippen LogP) is 6.08. The van der Waals surface area contributed by atoms with Gasteiger partial charge in [-0.25, -0.2) is 4.98 Å². The quantitative estimate of drug-likeness (QED) is 0.388. The number of amides is 1. The molecule has 0 aliphatic rings. The van der Waals surface area contributed by atoms with Gasteiger partial charge in [0.2, 0.25) is 5.89 Å². The number of hydrogen-bond acceptors (Lipinski definition) is 4. The Bertz CT molecular complexity index is 1230. The van der Waals surface area contributed by atoms with Crippen LogP contribution < -0.4 is 10.1 Å². The summed E-state index contributed by atoms with van der Waals surface area (Å²) in [4.78, 5) is 16.8. The van der Waals surface area contributed by atoms with Gasteiger partial charge in [-0.2, -0.15) is 0 Å². The fourth-order valence-electron chi connectivity index (χ4n) is 3.46. The first kappa shape index (κ1) is 21.9. The van der Waals surface area contributed by atoms with Crippen molar-refractivity contribution in [3.05, 3.63) is 81.4 Å². The largest absolute Gasteiger partial charge is 0.484 e. The van der Waals surface area contributed by atoms with Crippen LogP contribution in [0.1, 0.15) is 27.8 Å². The smallest absolute Gasteiger partial charge is 0.258 e. The summed E-state index contributed by atoms with van der Waals surface area (Å²) in [6, 6.07) is 15.5. The molecule has 0 radical (unpaired) electrons. The van der Waals surface area contributed by atoms with Crippen LogP contribution in [0.4, 0.5) is 0 Å². The summed E-state index contributed by atoms with van der Waals surface area (Å²) in [7, 11) is 0. The van der Waals surface area contributed by atoms with Crippen molar-refractivity contribution < 1.29 is 13.9 Å². The Labute approximate surface area is 192 Å². The van der Waals surface area contributed by atoms with Crippen LogP contribution in [-0.4, -0.2) is 17.5 Å². The predicted molar refractivity (Wildman–Crippen MR) is 127 cm³/mol. The summed E-state index contributed by atoms with van der Waals surface area (Å²) in [6.07, 6.45) is 0. The highest BCUT2D eigenvalue weighted by Gasteiger charge is 2.10. The first-order chi connectivity index (χ1) is 15.3. The van der Waals surface area contributed by atoms with Crippen molar-refractivity contribution in [2.45, 2.75) is 34.2 Å². The maximum absolute atomic E-state index is 12.2. The molecule has 4 rings (SSSR count). The minimum atomic E-state index is -0.191. The zero-order chi connectivity index (χ0) is 22.8. The number of oxazole rings is 1. The Hall–Kier alpha value is -3.31. The molecular weight excluding hydrogens is 424 g/mol. The van der Waals surface area contributed by atoms with Crippen molar-refractivity contribution in [1.82, 2.24) is 10.3 Å². The summed E-state index contributed by atoms with van der Waals surface area (Å²) in [6.45, 7) is 8.30. The van der Waals surface area contributed by atoms with E-state index in [1.807, 2.05) is 62.4 Å². The second-order valence-corrected chi connectivity index (χ2v) is 8.43. The Balaban J connectivity index is 1.34. The molecule has 32 heavy (non-hydrogen) atoms. The highest BCUT2D eigenvalue weighted by molar-refractivity contribution is 6.32. The summed E-state index contributed by atoms with van der Waals surface area (Å²) < 4.78 is 11.5. The summed E-state index contributed by atoms with van der Waals surface area (Å²) in [5, 5.41) is 3.59. The zero-order valence-electron chi connectivity index (χ0n) is 18.6. The Morgan fingerprint density at radius 2 is 1.62 bits per heavy atom. The highest BCUT2D eigenvalue weighted by Crippen LogP contribution is 2.27. The Morgan fingerprint density at radius 1 is 0.969 bits per heavy atom. The average molecular weight is 449 g/mol. The SMILES string of the molecule is Cc1cc2nc(-c3ccc(CNC(=O)COc4cc(C)c(Cl)c(C)c4)cc3)oc2cc1C.